The van der Waals surface area contributed by atoms with Gasteiger partial charge in [-0.05, 0) is 55.0 Å². The highest BCUT2D eigenvalue weighted by atomic mass is 16.5. The van der Waals surface area contributed by atoms with Crippen LogP contribution in [-0.4, -0.2) is 42.2 Å². The van der Waals surface area contributed by atoms with E-state index in [2.05, 4.69) is 32.3 Å². The number of anilines is 3. The molecule has 1 aliphatic rings. The molecule has 1 saturated heterocycles. The molecular formula is C22H23N5O2. The van der Waals surface area contributed by atoms with E-state index in [4.69, 9.17) is 10.5 Å². The van der Waals surface area contributed by atoms with Gasteiger partial charge in [0.15, 0.2) is 0 Å². The van der Waals surface area contributed by atoms with Crippen LogP contribution in [0.3, 0.4) is 0 Å². The zero-order chi connectivity index (χ0) is 20.2. The lowest BCUT2D eigenvalue weighted by molar-refractivity contribution is 0.0999. The lowest BCUT2D eigenvalue weighted by Gasteiger charge is -2.28. The van der Waals surface area contributed by atoms with E-state index in [0.29, 0.717) is 11.5 Å². The topological polar surface area (TPSA) is 93.4 Å². The van der Waals surface area contributed by atoms with Crippen LogP contribution in [0.5, 0.6) is 0 Å². The van der Waals surface area contributed by atoms with Crippen molar-refractivity contribution in [3.63, 3.8) is 0 Å². The zero-order valence-electron chi connectivity index (χ0n) is 16.3. The van der Waals surface area contributed by atoms with Crippen molar-refractivity contribution in [2.75, 3.05) is 36.5 Å². The maximum atomic E-state index is 11.4. The Morgan fingerprint density at radius 1 is 1.10 bits per heavy atom. The van der Waals surface area contributed by atoms with Crippen molar-refractivity contribution in [3.8, 4) is 11.3 Å². The summed E-state index contributed by atoms with van der Waals surface area (Å²) in [5.74, 6) is 0.0814. The summed E-state index contributed by atoms with van der Waals surface area (Å²) in [4.78, 5) is 22.7. The third-order valence-electron chi connectivity index (χ3n) is 4.94. The van der Waals surface area contributed by atoms with Crippen LogP contribution in [0.1, 0.15) is 15.9 Å². The third-order valence-corrected chi connectivity index (χ3v) is 4.94. The number of primary amides is 1. The number of aromatic nitrogens is 2. The largest absolute Gasteiger partial charge is 0.378 e. The van der Waals surface area contributed by atoms with Crippen molar-refractivity contribution in [1.82, 2.24) is 9.97 Å². The smallest absolute Gasteiger partial charge is 0.248 e. The molecule has 2 heterocycles. The number of hydrogen-bond donors (Lipinski definition) is 2. The fourth-order valence-corrected chi connectivity index (χ4v) is 3.39. The summed E-state index contributed by atoms with van der Waals surface area (Å²) >= 11 is 0. The predicted molar refractivity (Wildman–Crippen MR) is 113 cm³/mol. The minimum absolute atomic E-state index is 0.431. The molecule has 0 aliphatic carbocycles. The van der Waals surface area contributed by atoms with Gasteiger partial charge in [0.2, 0.25) is 11.9 Å². The lowest BCUT2D eigenvalue weighted by atomic mass is 10.0. The first-order valence-corrected chi connectivity index (χ1v) is 9.54. The average molecular weight is 389 g/mol. The molecule has 0 radical (unpaired) electrons. The van der Waals surface area contributed by atoms with Crippen LogP contribution in [-0.2, 0) is 4.74 Å². The Balaban J connectivity index is 1.50. The van der Waals surface area contributed by atoms with E-state index in [-0.39, 0.29) is 0 Å². The molecule has 29 heavy (non-hydrogen) atoms. The first-order valence-electron chi connectivity index (χ1n) is 9.54. The first-order chi connectivity index (χ1) is 14.1. The van der Waals surface area contributed by atoms with Crippen molar-refractivity contribution in [2.24, 2.45) is 5.73 Å². The van der Waals surface area contributed by atoms with Gasteiger partial charge >= 0.3 is 0 Å². The molecule has 0 bridgehead atoms. The van der Waals surface area contributed by atoms with Gasteiger partial charge in [-0.25, -0.2) is 9.97 Å². The van der Waals surface area contributed by atoms with Gasteiger partial charge in [-0.15, -0.1) is 0 Å². The number of morpholine rings is 1. The number of rotatable bonds is 5. The second kappa shape index (κ2) is 8.28. The van der Waals surface area contributed by atoms with E-state index < -0.39 is 5.91 Å². The molecule has 1 fully saturated rings. The van der Waals surface area contributed by atoms with Crippen LogP contribution in [0, 0.1) is 6.92 Å². The number of carbonyl (C=O) groups is 1. The summed E-state index contributed by atoms with van der Waals surface area (Å²) < 4.78 is 5.40. The number of carbonyl (C=O) groups excluding carboxylic acids is 1. The molecular weight excluding hydrogens is 366 g/mol. The second-order valence-electron chi connectivity index (χ2n) is 6.93. The van der Waals surface area contributed by atoms with Crippen LogP contribution in [0.4, 0.5) is 17.3 Å². The summed E-state index contributed by atoms with van der Waals surface area (Å²) in [6.07, 6.45) is 1.71. The third kappa shape index (κ3) is 4.35. The lowest BCUT2D eigenvalue weighted by Crippen LogP contribution is -2.36. The van der Waals surface area contributed by atoms with Crippen molar-refractivity contribution >= 4 is 23.2 Å². The van der Waals surface area contributed by atoms with Gasteiger partial charge in [0, 0.05) is 41.8 Å². The minimum atomic E-state index is -0.431. The molecule has 3 N–H and O–H groups in total. The highest BCUT2D eigenvalue weighted by Crippen LogP contribution is 2.24. The van der Waals surface area contributed by atoms with Crippen molar-refractivity contribution in [1.29, 1.82) is 0 Å². The molecule has 1 aromatic heterocycles. The van der Waals surface area contributed by atoms with E-state index in [1.165, 1.54) is 5.69 Å². The van der Waals surface area contributed by atoms with Gasteiger partial charge in [-0.3, -0.25) is 4.79 Å². The second-order valence-corrected chi connectivity index (χ2v) is 6.93. The molecule has 1 amide bonds. The number of aryl methyl sites for hydroxylation is 1. The number of amides is 1. The normalized spacial score (nSPS) is 13.9. The Morgan fingerprint density at radius 2 is 1.86 bits per heavy atom. The van der Waals surface area contributed by atoms with Crippen LogP contribution in [0.2, 0.25) is 0 Å². The fourth-order valence-electron chi connectivity index (χ4n) is 3.39. The minimum Gasteiger partial charge on any atom is -0.378 e. The highest BCUT2D eigenvalue weighted by molar-refractivity contribution is 5.94. The number of ether oxygens (including phenoxy) is 1. The molecule has 7 heteroatoms. The van der Waals surface area contributed by atoms with Crippen molar-refractivity contribution < 1.29 is 9.53 Å². The van der Waals surface area contributed by atoms with E-state index in [9.17, 15) is 4.79 Å². The monoisotopic (exact) mass is 389 g/mol. The molecule has 0 unspecified atom stereocenters. The Labute approximate surface area is 169 Å². The van der Waals surface area contributed by atoms with E-state index >= 15 is 0 Å². The molecule has 148 valence electrons. The molecule has 3 aromatic rings. The van der Waals surface area contributed by atoms with Gasteiger partial charge in [0.25, 0.3) is 0 Å². The van der Waals surface area contributed by atoms with Gasteiger partial charge in [0.05, 0.1) is 18.9 Å². The Bertz CT molecular complexity index is 1010. The summed E-state index contributed by atoms with van der Waals surface area (Å²) in [5.41, 5.74) is 10.5. The molecule has 7 nitrogen and oxygen atoms in total. The van der Waals surface area contributed by atoms with E-state index in [1.54, 1.807) is 12.3 Å². The maximum Gasteiger partial charge on any atom is 0.248 e. The van der Waals surface area contributed by atoms with Crippen LogP contribution in [0.15, 0.2) is 54.7 Å². The van der Waals surface area contributed by atoms with Crippen LogP contribution in [0.25, 0.3) is 11.3 Å². The first kappa shape index (κ1) is 18.9. The van der Waals surface area contributed by atoms with Crippen LogP contribution < -0.4 is 16.0 Å². The molecule has 0 atom stereocenters. The maximum absolute atomic E-state index is 11.4. The number of nitrogens with two attached hydrogens (primary N) is 1. The predicted octanol–water partition coefficient (Wildman–Crippen LogP) is 3.13. The summed E-state index contributed by atoms with van der Waals surface area (Å²) in [5, 5.41) is 3.25. The number of nitrogens with zero attached hydrogens (tertiary/aromatic N) is 3. The molecule has 2 aromatic carbocycles. The molecule has 1 aliphatic heterocycles. The summed E-state index contributed by atoms with van der Waals surface area (Å²) in [7, 11) is 0. The molecule has 4 rings (SSSR count). The fraction of sp³-hybridized carbons (Fsp3) is 0.227. The van der Waals surface area contributed by atoms with Gasteiger partial charge in [-0.2, -0.15) is 0 Å². The summed E-state index contributed by atoms with van der Waals surface area (Å²) in [6.45, 7) is 5.21. The quantitative estimate of drug-likeness (QED) is 0.696. The van der Waals surface area contributed by atoms with E-state index in [0.717, 1.165) is 48.8 Å². The average Bonchev–Trinajstić information content (AvgIpc) is 2.75. The van der Waals surface area contributed by atoms with Crippen LogP contribution >= 0.6 is 0 Å². The van der Waals surface area contributed by atoms with Gasteiger partial charge in [-0.1, -0.05) is 6.07 Å². The standard InChI is InChI=1S/C22H23N5O2/c1-15-14-16(2-7-19(15)21(23)28)20-8-9-24-22(26-20)25-17-3-5-18(6-4-17)27-10-12-29-13-11-27/h2-9,14H,10-13H2,1H3,(H2,23,28)(H,24,25,26). The Morgan fingerprint density at radius 3 is 2.55 bits per heavy atom. The summed E-state index contributed by atoms with van der Waals surface area (Å²) in [6, 6.07) is 15.5. The van der Waals surface area contributed by atoms with E-state index in [1.807, 2.05) is 37.3 Å². The van der Waals surface area contributed by atoms with Crippen molar-refractivity contribution in [3.05, 3.63) is 65.9 Å². The van der Waals surface area contributed by atoms with Crippen molar-refractivity contribution in [2.45, 2.75) is 6.92 Å². The molecule has 0 saturated carbocycles. The Kier molecular flexibility index (Phi) is 5.39. The van der Waals surface area contributed by atoms with Gasteiger partial charge < -0.3 is 20.7 Å². The number of benzene rings is 2. The zero-order valence-corrected chi connectivity index (χ0v) is 16.3. The highest BCUT2D eigenvalue weighted by Gasteiger charge is 2.11. The van der Waals surface area contributed by atoms with Gasteiger partial charge in [0.1, 0.15) is 0 Å². The SMILES string of the molecule is Cc1cc(-c2ccnc(Nc3ccc(N4CCOCC4)cc3)n2)ccc1C(N)=O. The Hall–Kier alpha value is -3.45. The number of nitrogens with one attached hydrogen (secondary N) is 1. The molecule has 0 spiro atoms. The number of hydrogen-bond acceptors (Lipinski definition) is 6.